The van der Waals surface area contributed by atoms with E-state index in [9.17, 15) is 13.2 Å². The molecule has 0 bridgehead atoms. The van der Waals surface area contributed by atoms with Crippen molar-refractivity contribution in [1.29, 1.82) is 0 Å². The van der Waals surface area contributed by atoms with Crippen LogP contribution in [0.25, 0.3) is 10.9 Å². The third-order valence-corrected chi connectivity index (χ3v) is 6.69. The summed E-state index contributed by atoms with van der Waals surface area (Å²) in [5, 5.41) is 0.506. The number of aromatic nitrogens is 1. The monoisotopic (exact) mass is 424 g/mol. The van der Waals surface area contributed by atoms with Crippen molar-refractivity contribution in [2.24, 2.45) is 5.73 Å². The van der Waals surface area contributed by atoms with E-state index in [1.807, 2.05) is 38.3 Å². The van der Waals surface area contributed by atoms with Crippen molar-refractivity contribution in [2.75, 3.05) is 13.2 Å². The molecule has 0 saturated carbocycles. The van der Waals surface area contributed by atoms with Crippen molar-refractivity contribution in [3.63, 3.8) is 0 Å². The predicted molar refractivity (Wildman–Crippen MR) is 110 cm³/mol. The van der Waals surface area contributed by atoms with Gasteiger partial charge in [0.05, 0.1) is 11.2 Å². The van der Waals surface area contributed by atoms with Gasteiger partial charge >= 0.3 is 13.3 Å². The lowest BCUT2D eigenvalue weighted by molar-refractivity contribution is -0.148. The lowest BCUT2D eigenvalue weighted by Gasteiger charge is -2.32. The third kappa shape index (κ3) is 3.66. The molecular formula is C21H28BF3N2O3. The van der Waals surface area contributed by atoms with Crippen LogP contribution >= 0.6 is 0 Å². The van der Waals surface area contributed by atoms with E-state index in [1.165, 1.54) is 0 Å². The van der Waals surface area contributed by atoms with E-state index in [2.05, 4.69) is 0 Å². The summed E-state index contributed by atoms with van der Waals surface area (Å²) < 4.78 is 59.9. The molecule has 1 atom stereocenters. The van der Waals surface area contributed by atoms with Gasteiger partial charge in [0, 0.05) is 41.9 Å². The molecule has 0 spiro atoms. The first-order chi connectivity index (χ1) is 13.9. The molecule has 3 heterocycles. The Bertz CT molecular complexity index is 919. The number of benzene rings is 1. The van der Waals surface area contributed by atoms with E-state index < -0.39 is 30.5 Å². The Morgan fingerprint density at radius 1 is 1.10 bits per heavy atom. The van der Waals surface area contributed by atoms with Crippen molar-refractivity contribution in [3.05, 3.63) is 30.0 Å². The zero-order chi connectivity index (χ0) is 21.9. The summed E-state index contributed by atoms with van der Waals surface area (Å²) >= 11 is 0. The number of alkyl halides is 3. The molecule has 1 aromatic heterocycles. The van der Waals surface area contributed by atoms with Crippen LogP contribution in [-0.2, 0) is 14.0 Å². The second-order valence-corrected chi connectivity index (χ2v) is 9.22. The maximum absolute atomic E-state index is 13.4. The van der Waals surface area contributed by atoms with Gasteiger partial charge in [-0.15, -0.1) is 0 Å². The molecule has 0 unspecified atom stereocenters. The van der Waals surface area contributed by atoms with Gasteiger partial charge in [0.2, 0.25) is 0 Å². The van der Waals surface area contributed by atoms with Gasteiger partial charge in [-0.05, 0) is 52.1 Å². The average Bonchev–Trinajstić information content (AvgIpc) is 3.14. The Labute approximate surface area is 174 Å². The maximum Gasteiger partial charge on any atom is 0.494 e. The molecule has 9 heteroatoms. The van der Waals surface area contributed by atoms with Crippen LogP contribution in [-0.4, -0.2) is 42.3 Å². The number of nitrogens with zero attached hydrogens (tertiary/aromatic N) is 1. The van der Waals surface area contributed by atoms with E-state index in [4.69, 9.17) is 19.8 Å². The molecule has 164 valence electrons. The predicted octanol–water partition coefficient (Wildman–Crippen LogP) is 3.85. The Balaban J connectivity index is 1.80. The number of nitrogens with two attached hydrogens (primary N) is 1. The normalized spacial score (nSPS) is 23.3. The van der Waals surface area contributed by atoms with Crippen molar-refractivity contribution >= 4 is 23.5 Å². The minimum atomic E-state index is -4.51. The second-order valence-electron chi connectivity index (χ2n) is 9.22. The zero-order valence-corrected chi connectivity index (χ0v) is 17.8. The van der Waals surface area contributed by atoms with Gasteiger partial charge in [0.25, 0.3) is 0 Å². The van der Waals surface area contributed by atoms with Crippen LogP contribution in [0.4, 0.5) is 13.2 Å². The highest BCUT2D eigenvalue weighted by molar-refractivity contribution is 6.62. The van der Waals surface area contributed by atoms with Gasteiger partial charge in [-0.1, -0.05) is 12.1 Å². The second kappa shape index (κ2) is 7.26. The van der Waals surface area contributed by atoms with E-state index in [0.717, 1.165) is 18.3 Å². The van der Waals surface area contributed by atoms with Crippen molar-refractivity contribution in [1.82, 2.24) is 4.57 Å². The molecular weight excluding hydrogens is 396 g/mol. The van der Waals surface area contributed by atoms with Gasteiger partial charge in [0.15, 0.2) is 0 Å². The van der Waals surface area contributed by atoms with Crippen LogP contribution in [0.15, 0.2) is 24.4 Å². The van der Waals surface area contributed by atoms with Crippen LogP contribution in [0.3, 0.4) is 0 Å². The summed E-state index contributed by atoms with van der Waals surface area (Å²) in [7, 11) is -0.586. The number of rotatable bonds is 3. The molecule has 2 saturated heterocycles. The smallest absolute Gasteiger partial charge is 0.399 e. The molecule has 2 aromatic rings. The molecule has 0 radical (unpaired) electrons. The lowest BCUT2D eigenvalue weighted by Crippen LogP contribution is -2.41. The van der Waals surface area contributed by atoms with Crippen LogP contribution in [0, 0.1) is 0 Å². The Morgan fingerprint density at radius 2 is 1.70 bits per heavy atom. The highest BCUT2D eigenvalue weighted by Gasteiger charge is 2.51. The lowest BCUT2D eigenvalue weighted by atomic mass is 9.78. The van der Waals surface area contributed by atoms with Gasteiger partial charge in [-0.25, -0.2) is 0 Å². The van der Waals surface area contributed by atoms with Crippen molar-refractivity contribution in [2.45, 2.75) is 70.0 Å². The van der Waals surface area contributed by atoms with Gasteiger partial charge < -0.3 is 24.3 Å². The van der Waals surface area contributed by atoms with Crippen LogP contribution in [0.2, 0.25) is 0 Å². The summed E-state index contributed by atoms with van der Waals surface area (Å²) in [6, 6.07) is 3.37. The zero-order valence-electron chi connectivity index (χ0n) is 17.8. The Morgan fingerprint density at radius 3 is 2.27 bits per heavy atom. The highest BCUT2D eigenvalue weighted by atomic mass is 19.4. The minimum absolute atomic E-state index is 0.0592. The minimum Gasteiger partial charge on any atom is -0.399 e. The topological polar surface area (TPSA) is 58.6 Å². The quantitative estimate of drug-likeness (QED) is 0.761. The van der Waals surface area contributed by atoms with Crippen molar-refractivity contribution in [3.8, 4) is 0 Å². The summed E-state index contributed by atoms with van der Waals surface area (Å²) in [6.45, 7) is 9.05. The van der Waals surface area contributed by atoms with Crippen LogP contribution < -0.4 is 11.2 Å². The molecule has 0 aliphatic carbocycles. The van der Waals surface area contributed by atoms with E-state index in [1.54, 1.807) is 18.3 Å². The molecule has 0 amide bonds. The van der Waals surface area contributed by atoms with E-state index in [-0.39, 0.29) is 11.6 Å². The summed E-state index contributed by atoms with van der Waals surface area (Å²) in [6.07, 6.45) is -1.47. The number of ether oxygens (including phenoxy) is 1. The molecule has 5 nitrogen and oxygen atoms in total. The average molecular weight is 424 g/mol. The fourth-order valence-electron chi connectivity index (χ4n) is 4.11. The third-order valence-electron chi connectivity index (χ3n) is 6.69. The first-order valence-electron chi connectivity index (χ1n) is 10.3. The van der Waals surface area contributed by atoms with Crippen LogP contribution in [0.5, 0.6) is 0 Å². The molecule has 2 aliphatic rings. The molecule has 1 aromatic carbocycles. The summed E-state index contributed by atoms with van der Waals surface area (Å²) in [5.74, 6) is 0. The molecule has 2 fully saturated rings. The first kappa shape index (κ1) is 21.7. The fourth-order valence-corrected chi connectivity index (χ4v) is 4.11. The van der Waals surface area contributed by atoms with Crippen molar-refractivity contribution < 1.29 is 27.2 Å². The number of hydrogen-bond donors (Lipinski definition) is 1. The van der Waals surface area contributed by atoms with Gasteiger partial charge in [0.1, 0.15) is 6.04 Å². The summed E-state index contributed by atoms with van der Waals surface area (Å²) in [4.78, 5) is 0. The number of halogens is 3. The Hall–Kier alpha value is -1.55. The molecule has 2 aliphatic heterocycles. The van der Waals surface area contributed by atoms with Gasteiger partial charge in [-0.3, -0.25) is 0 Å². The molecule has 2 N–H and O–H groups in total. The number of fused-ring (bicyclic) bond motifs is 1. The van der Waals surface area contributed by atoms with Gasteiger partial charge in [-0.2, -0.15) is 13.2 Å². The Kier molecular flexibility index (Phi) is 5.24. The van der Waals surface area contributed by atoms with Crippen LogP contribution in [0.1, 0.15) is 58.2 Å². The fraction of sp³-hybridized carbons (Fsp3) is 0.619. The largest absolute Gasteiger partial charge is 0.494 e. The standard InChI is InChI=1S/C21H28BF3N2O3/c1-19(2)20(3,4)30-22(29-19)13-5-6-15-16(18(26)21(23,24)25)12-27(17(15)11-13)14-7-9-28-10-8-14/h5-6,11-12,14,18H,7-10,26H2,1-4H3/t18-/m0/s1. The van der Waals surface area contributed by atoms with E-state index >= 15 is 0 Å². The summed E-state index contributed by atoms with van der Waals surface area (Å²) in [5.41, 5.74) is 6.18. The molecule has 30 heavy (non-hydrogen) atoms. The maximum atomic E-state index is 13.4. The first-order valence-corrected chi connectivity index (χ1v) is 10.3. The highest BCUT2D eigenvalue weighted by Crippen LogP contribution is 2.39. The van der Waals surface area contributed by atoms with E-state index in [0.29, 0.717) is 24.1 Å². The molecule has 4 rings (SSSR count). The number of hydrogen-bond acceptors (Lipinski definition) is 4. The SMILES string of the molecule is CC1(C)OB(c2ccc3c([C@H](N)C(F)(F)F)cn(C4CCOCC4)c3c2)OC1(C)C.